The van der Waals surface area contributed by atoms with Gasteiger partial charge in [-0.2, -0.15) is 0 Å². The number of ether oxygens (including phenoxy) is 1. The molecule has 2 N–H and O–H groups in total. The van der Waals surface area contributed by atoms with Crippen LogP contribution in [0.1, 0.15) is 26.7 Å². The Bertz CT molecular complexity index is 630. The third kappa shape index (κ3) is 3.82. The van der Waals surface area contributed by atoms with Crippen LogP contribution >= 0.6 is 12.2 Å². The minimum absolute atomic E-state index is 0.359. The Balaban J connectivity index is 2.21. The van der Waals surface area contributed by atoms with Crippen LogP contribution in [0.3, 0.4) is 0 Å². The molecule has 0 aliphatic carbocycles. The lowest BCUT2D eigenvalue weighted by Crippen LogP contribution is -2.35. The van der Waals surface area contributed by atoms with Gasteiger partial charge >= 0.3 is 0 Å². The minimum atomic E-state index is 0.359. The van der Waals surface area contributed by atoms with Gasteiger partial charge in [-0.3, -0.25) is 4.98 Å². The molecule has 112 valence electrons. The second kappa shape index (κ2) is 7.22. The zero-order valence-corrected chi connectivity index (χ0v) is 13.5. The van der Waals surface area contributed by atoms with Crippen LogP contribution in [0.5, 0.6) is 5.75 Å². The topological polar surface area (TPSA) is 46.2 Å². The second-order valence-electron chi connectivity index (χ2n) is 5.00. The van der Waals surface area contributed by atoms with E-state index >= 15 is 0 Å². The molecule has 0 fully saturated rings. The number of pyridine rings is 1. The first-order chi connectivity index (χ1) is 10.2. The first kappa shape index (κ1) is 15.5. The monoisotopic (exact) mass is 303 g/mol. The van der Waals surface area contributed by atoms with Crippen molar-refractivity contribution in [1.29, 1.82) is 0 Å². The maximum absolute atomic E-state index is 5.38. The van der Waals surface area contributed by atoms with Crippen LogP contribution in [0.2, 0.25) is 0 Å². The fourth-order valence-corrected chi connectivity index (χ4v) is 2.62. The first-order valence-electron chi connectivity index (χ1n) is 7.15. The van der Waals surface area contributed by atoms with Crippen LogP contribution in [0.25, 0.3) is 10.9 Å². The molecule has 0 saturated heterocycles. The van der Waals surface area contributed by atoms with Crippen LogP contribution in [-0.4, -0.2) is 23.2 Å². The van der Waals surface area contributed by atoms with E-state index in [4.69, 9.17) is 17.0 Å². The van der Waals surface area contributed by atoms with E-state index < -0.39 is 0 Å². The minimum Gasteiger partial charge on any atom is -0.494 e. The molecule has 0 saturated carbocycles. The number of nitrogens with one attached hydrogen (secondary N) is 2. The molecule has 1 aromatic heterocycles. The van der Waals surface area contributed by atoms with E-state index in [0.717, 1.165) is 35.2 Å². The van der Waals surface area contributed by atoms with Gasteiger partial charge in [0.25, 0.3) is 0 Å². The van der Waals surface area contributed by atoms with E-state index in [1.54, 1.807) is 13.3 Å². The third-order valence-corrected chi connectivity index (χ3v) is 3.52. The number of benzene rings is 1. The number of thiocarbonyl (C=S) groups is 1. The lowest BCUT2D eigenvalue weighted by molar-refractivity contribution is 0.419. The highest BCUT2D eigenvalue weighted by atomic mass is 32.1. The Kier molecular flexibility index (Phi) is 5.33. The summed E-state index contributed by atoms with van der Waals surface area (Å²) in [5.41, 5.74) is 1.76. The molecule has 1 atom stereocenters. The van der Waals surface area contributed by atoms with Gasteiger partial charge in [0, 0.05) is 23.3 Å². The first-order valence-corrected chi connectivity index (χ1v) is 7.55. The van der Waals surface area contributed by atoms with Crippen molar-refractivity contribution in [2.45, 2.75) is 32.7 Å². The van der Waals surface area contributed by atoms with Crippen LogP contribution in [0, 0.1) is 0 Å². The van der Waals surface area contributed by atoms with E-state index in [2.05, 4.69) is 29.5 Å². The van der Waals surface area contributed by atoms with Gasteiger partial charge < -0.3 is 15.4 Å². The largest absolute Gasteiger partial charge is 0.494 e. The fourth-order valence-electron chi connectivity index (χ4n) is 2.31. The van der Waals surface area contributed by atoms with Gasteiger partial charge in [-0.15, -0.1) is 0 Å². The molecule has 0 aliphatic rings. The number of fused-ring (bicyclic) bond motifs is 1. The normalized spacial score (nSPS) is 12.0. The van der Waals surface area contributed by atoms with Crippen molar-refractivity contribution < 1.29 is 4.74 Å². The number of hydrogen-bond donors (Lipinski definition) is 2. The zero-order valence-electron chi connectivity index (χ0n) is 12.6. The summed E-state index contributed by atoms with van der Waals surface area (Å²) in [4.78, 5) is 4.38. The molecule has 0 amide bonds. The Morgan fingerprint density at radius 1 is 1.38 bits per heavy atom. The van der Waals surface area contributed by atoms with Crippen LogP contribution in [0.4, 0.5) is 5.69 Å². The van der Waals surface area contributed by atoms with Crippen molar-refractivity contribution in [3.8, 4) is 5.75 Å². The zero-order chi connectivity index (χ0) is 15.2. The van der Waals surface area contributed by atoms with Gasteiger partial charge in [-0.05, 0) is 49.8 Å². The number of hydrogen-bond acceptors (Lipinski definition) is 3. The predicted molar refractivity (Wildman–Crippen MR) is 92.0 cm³/mol. The molecular formula is C16H21N3OS. The highest BCUT2D eigenvalue weighted by Gasteiger charge is 2.09. The standard InChI is InChI=1S/C16H21N3OS/c1-4-6-11(2)18-16(21)19-13-8-9-14(20-3)15-12(13)7-5-10-17-15/h5,7-11H,4,6H2,1-3H3,(H2,18,19,21)/t11-/m0/s1. The molecule has 5 heteroatoms. The van der Waals surface area contributed by atoms with Gasteiger partial charge in [0.15, 0.2) is 5.11 Å². The van der Waals surface area contributed by atoms with E-state index in [9.17, 15) is 0 Å². The van der Waals surface area contributed by atoms with E-state index in [0.29, 0.717) is 11.2 Å². The maximum Gasteiger partial charge on any atom is 0.171 e. The average molecular weight is 303 g/mol. The van der Waals surface area contributed by atoms with Crippen molar-refractivity contribution in [3.05, 3.63) is 30.5 Å². The number of nitrogens with zero attached hydrogens (tertiary/aromatic N) is 1. The molecule has 1 heterocycles. The molecular weight excluding hydrogens is 282 g/mol. The van der Waals surface area contributed by atoms with E-state index in [-0.39, 0.29) is 0 Å². The smallest absolute Gasteiger partial charge is 0.171 e. The summed E-state index contributed by atoms with van der Waals surface area (Å²) < 4.78 is 5.35. The highest BCUT2D eigenvalue weighted by Crippen LogP contribution is 2.29. The van der Waals surface area contributed by atoms with Crippen LogP contribution < -0.4 is 15.4 Å². The Labute approximate surface area is 130 Å². The summed E-state index contributed by atoms with van der Waals surface area (Å²) in [6, 6.07) is 8.13. The molecule has 21 heavy (non-hydrogen) atoms. The van der Waals surface area contributed by atoms with Gasteiger partial charge in [-0.25, -0.2) is 0 Å². The number of rotatable bonds is 5. The highest BCUT2D eigenvalue weighted by molar-refractivity contribution is 7.80. The number of aromatic nitrogens is 1. The number of methoxy groups -OCH3 is 1. The summed E-state index contributed by atoms with van der Waals surface area (Å²) >= 11 is 5.38. The van der Waals surface area contributed by atoms with E-state index in [1.807, 2.05) is 24.3 Å². The summed E-state index contributed by atoms with van der Waals surface area (Å²) in [5.74, 6) is 0.759. The second-order valence-corrected chi connectivity index (χ2v) is 5.41. The van der Waals surface area contributed by atoms with Crippen LogP contribution in [0.15, 0.2) is 30.5 Å². The molecule has 0 spiro atoms. The molecule has 1 aromatic carbocycles. The van der Waals surface area contributed by atoms with E-state index in [1.165, 1.54) is 0 Å². The summed E-state index contributed by atoms with van der Waals surface area (Å²) in [7, 11) is 1.65. The van der Waals surface area contributed by atoms with Gasteiger partial charge in [-0.1, -0.05) is 13.3 Å². The number of anilines is 1. The molecule has 0 unspecified atom stereocenters. The molecule has 4 nitrogen and oxygen atoms in total. The molecule has 0 bridgehead atoms. The molecule has 0 aliphatic heterocycles. The summed E-state index contributed by atoms with van der Waals surface area (Å²) in [5, 5.41) is 8.16. The van der Waals surface area contributed by atoms with Gasteiger partial charge in [0.1, 0.15) is 11.3 Å². The van der Waals surface area contributed by atoms with Crippen molar-refractivity contribution in [1.82, 2.24) is 10.3 Å². The Hall–Kier alpha value is -1.88. The van der Waals surface area contributed by atoms with Gasteiger partial charge in [0.2, 0.25) is 0 Å². The SMILES string of the molecule is CCC[C@H](C)NC(=S)Nc1ccc(OC)c2ncccc12. The quantitative estimate of drug-likeness (QED) is 0.824. The third-order valence-electron chi connectivity index (χ3n) is 3.30. The Morgan fingerprint density at radius 2 is 2.19 bits per heavy atom. The lowest BCUT2D eigenvalue weighted by atomic mass is 10.1. The van der Waals surface area contributed by atoms with Crippen LogP contribution in [-0.2, 0) is 0 Å². The van der Waals surface area contributed by atoms with Crippen molar-refractivity contribution in [2.24, 2.45) is 0 Å². The molecule has 2 aromatic rings. The summed E-state index contributed by atoms with van der Waals surface area (Å²) in [6.45, 7) is 4.29. The maximum atomic E-state index is 5.38. The molecule has 0 radical (unpaired) electrons. The van der Waals surface area contributed by atoms with Crippen molar-refractivity contribution in [3.63, 3.8) is 0 Å². The fraction of sp³-hybridized carbons (Fsp3) is 0.375. The lowest BCUT2D eigenvalue weighted by Gasteiger charge is -2.17. The average Bonchev–Trinajstić information content (AvgIpc) is 2.47. The summed E-state index contributed by atoms with van der Waals surface area (Å²) in [6.07, 6.45) is 3.98. The van der Waals surface area contributed by atoms with Crippen molar-refractivity contribution >= 4 is 33.9 Å². The Morgan fingerprint density at radius 3 is 2.90 bits per heavy atom. The van der Waals surface area contributed by atoms with Gasteiger partial charge in [0.05, 0.1) is 7.11 Å². The van der Waals surface area contributed by atoms with Crippen molar-refractivity contribution in [2.75, 3.05) is 12.4 Å². The molecule has 2 rings (SSSR count). The predicted octanol–water partition coefficient (Wildman–Crippen LogP) is 3.72.